The van der Waals surface area contributed by atoms with Crippen LogP contribution in [-0.4, -0.2) is 98.4 Å². The Hall–Kier alpha value is -7.12. The number of carbonyl (C=O) groups is 8. The Balaban J connectivity index is 0.000000295. The van der Waals surface area contributed by atoms with Gasteiger partial charge in [-0.15, -0.1) is 23.5 Å². The van der Waals surface area contributed by atoms with Gasteiger partial charge in [-0.05, 0) is 128 Å². The molecule has 0 aliphatic carbocycles. The molecule has 0 saturated heterocycles. The number of Topliss-reactive ketones (excluding diaryl/α,β-unsaturated/α-hetero) is 6. The topological polar surface area (TPSA) is 229 Å². The number of hydrogen-bond donors (Lipinski definition) is 2. The molecule has 0 aromatic heterocycles. The highest BCUT2D eigenvalue weighted by Crippen LogP contribution is 2.29. The van der Waals surface area contributed by atoms with E-state index < -0.39 is 72.6 Å². The van der Waals surface area contributed by atoms with Crippen LogP contribution in [0.5, 0.6) is 0 Å². The molecule has 6 aromatic carbocycles. The molecule has 18 heteroatoms. The molecule has 0 saturated carbocycles. The fourth-order valence-corrected chi connectivity index (χ4v) is 13.3. The van der Waals surface area contributed by atoms with Crippen LogP contribution in [0.15, 0.2) is 165 Å². The van der Waals surface area contributed by atoms with E-state index in [9.17, 15) is 55.2 Å². The lowest BCUT2D eigenvalue weighted by Crippen LogP contribution is -2.41. The first-order chi connectivity index (χ1) is 37.7. The normalized spacial score (nSPS) is 12.1. The number of sulfone groups is 2. The molecule has 14 nitrogen and oxygen atoms in total. The van der Waals surface area contributed by atoms with E-state index in [-0.39, 0.29) is 62.8 Å². The van der Waals surface area contributed by atoms with Crippen molar-refractivity contribution >= 4 is 89.7 Å². The third-order valence-electron chi connectivity index (χ3n) is 12.7. The molecule has 80 heavy (non-hydrogen) atoms. The molecule has 0 bridgehead atoms. The van der Waals surface area contributed by atoms with Gasteiger partial charge in [0.2, 0.25) is 0 Å². The quantitative estimate of drug-likeness (QED) is 0.0380. The van der Waals surface area contributed by atoms with Crippen molar-refractivity contribution in [1.82, 2.24) is 10.6 Å². The van der Waals surface area contributed by atoms with Gasteiger partial charge in [0.1, 0.15) is 11.6 Å². The standard InChI is InChI=1S/C31H33NO8S2.C31H33NO4S2/c1-20-5-13-27(14-6-20)41(37,38)18-26(19-42(39,40)28-15-7-21(2)8-16-28)30(35)24-9-11-25(12-10-24)31(36)32-29(23(4)34)17-22(3)33;1-20-5-13-27(14-6-20)37-18-26(19-38-28-15-7-21(2)8-16-28)30(35)24-9-11-25(12-10-24)31(36)32-29(23(4)34)17-22(3)33/h5-16,26,29H,17-19H2,1-4H3,(H,32,36);5-16,26,29H,17-19H2,1-4H3,(H,32,36). The van der Waals surface area contributed by atoms with Crippen LogP contribution in [0.4, 0.5) is 0 Å². The van der Waals surface area contributed by atoms with E-state index in [2.05, 4.69) is 59.2 Å². The zero-order valence-corrected chi connectivity index (χ0v) is 49.2. The molecule has 0 fully saturated rings. The minimum Gasteiger partial charge on any atom is -0.342 e. The smallest absolute Gasteiger partial charge is 0.251 e. The van der Waals surface area contributed by atoms with Gasteiger partial charge >= 0.3 is 0 Å². The molecule has 0 aliphatic heterocycles. The van der Waals surface area contributed by atoms with E-state index in [0.717, 1.165) is 20.9 Å². The molecule has 0 spiro atoms. The van der Waals surface area contributed by atoms with E-state index >= 15 is 0 Å². The van der Waals surface area contributed by atoms with Crippen molar-refractivity contribution in [1.29, 1.82) is 0 Å². The molecule has 6 rings (SSSR count). The number of benzene rings is 6. The molecule has 0 aliphatic rings. The maximum absolute atomic E-state index is 13.6. The van der Waals surface area contributed by atoms with E-state index in [4.69, 9.17) is 0 Å². The van der Waals surface area contributed by atoms with Crippen LogP contribution >= 0.6 is 23.5 Å². The summed E-state index contributed by atoms with van der Waals surface area (Å²) in [5.41, 5.74) is 5.03. The van der Waals surface area contributed by atoms with Crippen molar-refractivity contribution in [2.24, 2.45) is 11.8 Å². The van der Waals surface area contributed by atoms with Crippen molar-refractivity contribution in [3.63, 3.8) is 0 Å². The molecule has 0 radical (unpaired) electrons. The van der Waals surface area contributed by atoms with Crippen LogP contribution in [0, 0.1) is 39.5 Å². The minimum absolute atomic E-state index is 0.0154. The van der Waals surface area contributed by atoms with Crippen LogP contribution in [0.25, 0.3) is 0 Å². The summed E-state index contributed by atoms with van der Waals surface area (Å²) in [4.78, 5) is 101. The van der Waals surface area contributed by atoms with Crippen LogP contribution in [-0.2, 0) is 38.9 Å². The van der Waals surface area contributed by atoms with Gasteiger partial charge in [-0.1, -0.05) is 95.1 Å². The Morgan fingerprint density at radius 3 is 0.950 bits per heavy atom. The number of thioether (sulfide) groups is 2. The molecule has 6 aromatic rings. The van der Waals surface area contributed by atoms with Crippen molar-refractivity contribution in [3.05, 3.63) is 190 Å². The van der Waals surface area contributed by atoms with Gasteiger partial charge in [0.25, 0.3) is 11.8 Å². The lowest BCUT2D eigenvalue weighted by molar-refractivity contribution is -0.123. The van der Waals surface area contributed by atoms with Crippen LogP contribution in [0.1, 0.15) is 104 Å². The van der Waals surface area contributed by atoms with E-state index in [0.29, 0.717) is 22.6 Å². The minimum atomic E-state index is -4.05. The number of aryl methyl sites for hydroxylation is 4. The maximum Gasteiger partial charge on any atom is 0.251 e. The molecule has 420 valence electrons. The molecule has 2 unspecified atom stereocenters. The summed E-state index contributed by atoms with van der Waals surface area (Å²) >= 11 is 3.32. The average molecular weight is 1160 g/mol. The SMILES string of the molecule is CC(=O)CC(NC(=O)c1ccc(C(=O)C(CS(=O)(=O)c2ccc(C)cc2)CS(=O)(=O)c2ccc(C)cc2)cc1)C(C)=O.CC(=O)CC(NC(=O)c1ccc(C(=O)C(CSc2ccc(C)cc2)CSc2ccc(C)cc2)cc1)C(C)=O. The van der Waals surface area contributed by atoms with E-state index in [1.54, 1.807) is 85.9 Å². The Bertz CT molecular complexity index is 3290. The molecule has 2 N–H and O–H groups in total. The Morgan fingerprint density at radius 1 is 0.388 bits per heavy atom. The second-order valence-corrected chi connectivity index (χ2v) is 26.1. The first-order valence-corrected chi connectivity index (χ1v) is 30.9. The second kappa shape index (κ2) is 29.4. The van der Waals surface area contributed by atoms with E-state index in [1.165, 1.54) is 87.4 Å². The summed E-state index contributed by atoms with van der Waals surface area (Å²) in [5.74, 6) is -4.80. The van der Waals surface area contributed by atoms with Crippen molar-refractivity contribution in [2.45, 2.75) is 99.9 Å². The zero-order chi connectivity index (χ0) is 58.9. The first kappa shape index (κ1) is 63.7. The van der Waals surface area contributed by atoms with Gasteiger partial charge in [0, 0.05) is 62.3 Å². The number of carbonyl (C=O) groups excluding carboxylic acids is 8. The fourth-order valence-electron chi connectivity index (χ4n) is 7.97. The van der Waals surface area contributed by atoms with Crippen molar-refractivity contribution in [3.8, 4) is 0 Å². The van der Waals surface area contributed by atoms with E-state index in [1.807, 2.05) is 13.8 Å². The summed E-state index contributed by atoms with van der Waals surface area (Å²) < 4.78 is 53.1. The third kappa shape index (κ3) is 19.6. The third-order valence-corrected chi connectivity index (χ3v) is 18.7. The van der Waals surface area contributed by atoms with Crippen LogP contribution in [0.2, 0.25) is 0 Å². The number of ketones is 6. The van der Waals surface area contributed by atoms with Gasteiger partial charge in [-0.2, -0.15) is 0 Å². The summed E-state index contributed by atoms with van der Waals surface area (Å²) in [6.45, 7) is 13.0. The van der Waals surface area contributed by atoms with Gasteiger partial charge in [0.05, 0.1) is 39.3 Å². The number of rotatable bonds is 26. The highest BCUT2D eigenvalue weighted by Gasteiger charge is 2.33. The predicted molar refractivity (Wildman–Crippen MR) is 313 cm³/mol. The van der Waals surface area contributed by atoms with Crippen LogP contribution < -0.4 is 10.6 Å². The molecular weight excluding hydrogens is 1090 g/mol. The maximum atomic E-state index is 13.6. The van der Waals surface area contributed by atoms with Crippen molar-refractivity contribution < 1.29 is 55.2 Å². The largest absolute Gasteiger partial charge is 0.342 e. The van der Waals surface area contributed by atoms with Gasteiger partial charge in [-0.25, -0.2) is 16.8 Å². The summed E-state index contributed by atoms with van der Waals surface area (Å²) in [7, 11) is -8.11. The number of amides is 2. The lowest BCUT2D eigenvalue weighted by atomic mass is 9.99. The Labute approximate surface area is 477 Å². The van der Waals surface area contributed by atoms with Gasteiger partial charge < -0.3 is 10.6 Å². The number of nitrogens with one attached hydrogen (secondary N) is 2. The van der Waals surface area contributed by atoms with Crippen molar-refractivity contribution in [2.75, 3.05) is 23.0 Å². The lowest BCUT2D eigenvalue weighted by Gasteiger charge is -2.18. The summed E-state index contributed by atoms with van der Waals surface area (Å²) in [5, 5.41) is 5.11. The molecular formula is C62H66N2O12S4. The zero-order valence-electron chi connectivity index (χ0n) is 45.9. The predicted octanol–water partition coefficient (Wildman–Crippen LogP) is 10.1. The second-order valence-electron chi connectivity index (χ2n) is 19.8. The molecule has 2 atom stereocenters. The monoisotopic (exact) mass is 1160 g/mol. The van der Waals surface area contributed by atoms with Gasteiger partial charge in [0.15, 0.2) is 42.8 Å². The van der Waals surface area contributed by atoms with Gasteiger partial charge in [-0.3, -0.25) is 38.4 Å². The fraction of sp³-hybridized carbons (Fsp3) is 0.290. The highest BCUT2D eigenvalue weighted by atomic mass is 32.2. The average Bonchev–Trinajstić information content (AvgIpc) is 3.41. The first-order valence-electron chi connectivity index (χ1n) is 25.6. The molecule has 2 amide bonds. The Morgan fingerprint density at radius 2 is 0.662 bits per heavy atom. The summed E-state index contributed by atoms with van der Waals surface area (Å²) in [6, 6.07) is 38.5. The summed E-state index contributed by atoms with van der Waals surface area (Å²) in [6.07, 6.45) is -0.207. The Kier molecular flexibility index (Phi) is 23.4. The highest BCUT2D eigenvalue weighted by molar-refractivity contribution is 8.00. The van der Waals surface area contributed by atoms with Crippen LogP contribution in [0.3, 0.4) is 0 Å². The molecule has 0 heterocycles. The number of hydrogen-bond acceptors (Lipinski definition) is 14.